The van der Waals surface area contributed by atoms with Gasteiger partial charge < -0.3 is 0 Å². The van der Waals surface area contributed by atoms with E-state index in [1.165, 1.54) is 0 Å². The van der Waals surface area contributed by atoms with E-state index in [0.29, 0.717) is 0 Å². The molecule has 14 heavy (non-hydrogen) atoms. The molecule has 0 N–H and O–H groups in total. The lowest BCUT2D eigenvalue weighted by atomic mass is 10.4. The van der Waals surface area contributed by atoms with Crippen LogP contribution in [-0.4, -0.2) is 21.2 Å². The Kier molecular flexibility index (Phi) is 6.14. The maximum absolute atomic E-state index is 4.40. The van der Waals surface area contributed by atoms with E-state index in [9.17, 15) is 0 Å². The first kappa shape index (κ1) is 14.3. The molecule has 0 aliphatic rings. The Hall–Kier alpha value is 0.300. The molecular weight excluding hydrogens is 212 g/mol. The monoisotopic (exact) mass is 234 g/mol. The molecule has 0 aromatic carbocycles. The van der Waals surface area contributed by atoms with Gasteiger partial charge in [0.2, 0.25) is 0 Å². The summed E-state index contributed by atoms with van der Waals surface area (Å²) < 4.78 is 0. The fraction of sp³-hybridized carbons (Fsp3) is 1.00. The molecule has 0 fully saturated rings. The highest BCUT2D eigenvalue weighted by atomic mass is 32.2. The van der Waals surface area contributed by atoms with Crippen LogP contribution in [0.2, 0.25) is 0 Å². The summed E-state index contributed by atoms with van der Waals surface area (Å²) in [4.78, 5) is -0.166. The van der Waals surface area contributed by atoms with Crippen molar-refractivity contribution >= 4 is 23.5 Å². The molecule has 0 saturated heterocycles. The number of hydrogen-bond acceptors (Lipinski definition) is 4. The van der Waals surface area contributed by atoms with Crippen molar-refractivity contribution in [1.29, 1.82) is 0 Å². The molecule has 4 heteroatoms. The standard InChI is InChI=1S/C10H22N2S2/c1-7-13-9(3,4)11-12-10(5,6)14-8-2/h7-8H2,1-6H3/b12-11+. The molecule has 0 aliphatic heterocycles. The van der Waals surface area contributed by atoms with Gasteiger partial charge in [-0.1, -0.05) is 13.8 Å². The van der Waals surface area contributed by atoms with E-state index in [-0.39, 0.29) is 9.74 Å². The van der Waals surface area contributed by atoms with Crippen molar-refractivity contribution in [2.75, 3.05) is 11.5 Å². The SMILES string of the molecule is CCSC(C)(C)/N=N/C(C)(C)SCC. The van der Waals surface area contributed by atoms with Gasteiger partial charge in [-0.15, -0.1) is 23.5 Å². The van der Waals surface area contributed by atoms with Gasteiger partial charge in [0.25, 0.3) is 0 Å². The zero-order valence-corrected chi connectivity index (χ0v) is 11.8. The predicted octanol–water partition coefficient (Wildman–Crippen LogP) is 4.42. The Morgan fingerprint density at radius 1 is 0.786 bits per heavy atom. The molecule has 2 nitrogen and oxygen atoms in total. The molecule has 0 bridgehead atoms. The molecule has 0 aromatic heterocycles. The van der Waals surface area contributed by atoms with Crippen LogP contribution >= 0.6 is 23.5 Å². The van der Waals surface area contributed by atoms with Crippen LogP contribution in [-0.2, 0) is 0 Å². The Bertz CT molecular complexity index is 169. The van der Waals surface area contributed by atoms with Crippen LogP contribution < -0.4 is 0 Å². The fourth-order valence-electron chi connectivity index (χ4n) is 1.01. The molecular formula is C10H22N2S2. The molecule has 0 atom stereocenters. The van der Waals surface area contributed by atoms with Crippen molar-refractivity contribution in [1.82, 2.24) is 0 Å². The van der Waals surface area contributed by atoms with Crippen LogP contribution in [0.5, 0.6) is 0 Å². The van der Waals surface area contributed by atoms with E-state index >= 15 is 0 Å². The number of rotatable bonds is 6. The van der Waals surface area contributed by atoms with Gasteiger partial charge in [-0.05, 0) is 39.2 Å². The van der Waals surface area contributed by atoms with E-state index in [1.807, 2.05) is 23.5 Å². The molecule has 0 spiro atoms. The maximum atomic E-state index is 4.40. The molecule has 0 unspecified atom stereocenters. The van der Waals surface area contributed by atoms with Gasteiger partial charge in [0.15, 0.2) is 0 Å². The van der Waals surface area contributed by atoms with Crippen molar-refractivity contribution in [2.24, 2.45) is 10.2 Å². The second-order valence-corrected chi connectivity index (χ2v) is 7.69. The normalized spacial score (nSPS) is 13.9. The van der Waals surface area contributed by atoms with E-state index in [1.54, 1.807) is 0 Å². The zero-order chi connectivity index (χ0) is 11.2. The molecule has 0 saturated carbocycles. The summed E-state index contributed by atoms with van der Waals surface area (Å²) >= 11 is 3.65. The molecule has 0 aromatic rings. The van der Waals surface area contributed by atoms with Crippen LogP contribution in [0.3, 0.4) is 0 Å². The minimum atomic E-state index is -0.0830. The van der Waals surface area contributed by atoms with Crippen LogP contribution in [0, 0.1) is 0 Å². The summed E-state index contributed by atoms with van der Waals surface area (Å²) in [6.45, 7) is 12.7. The Labute approximate surface area is 96.7 Å². The number of azo groups is 1. The van der Waals surface area contributed by atoms with Gasteiger partial charge >= 0.3 is 0 Å². The lowest BCUT2D eigenvalue weighted by molar-refractivity contribution is 0.614. The second kappa shape index (κ2) is 6.01. The van der Waals surface area contributed by atoms with E-state index in [4.69, 9.17) is 0 Å². The maximum Gasteiger partial charge on any atom is 0.121 e. The Morgan fingerprint density at radius 3 is 1.29 bits per heavy atom. The molecule has 0 heterocycles. The summed E-state index contributed by atoms with van der Waals surface area (Å²) in [6.07, 6.45) is 0. The number of thioether (sulfide) groups is 2. The second-order valence-electron chi connectivity index (χ2n) is 3.96. The highest BCUT2D eigenvalue weighted by molar-refractivity contribution is 8.00. The molecule has 0 amide bonds. The number of nitrogens with zero attached hydrogens (tertiary/aromatic N) is 2. The van der Waals surface area contributed by atoms with Gasteiger partial charge in [0.05, 0.1) is 0 Å². The van der Waals surface area contributed by atoms with Crippen molar-refractivity contribution in [2.45, 2.75) is 51.3 Å². The third kappa shape index (κ3) is 6.71. The Morgan fingerprint density at radius 2 is 1.07 bits per heavy atom. The van der Waals surface area contributed by atoms with Crippen molar-refractivity contribution in [3.8, 4) is 0 Å². The van der Waals surface area contributed by atoms with Gasteiger partial charge in [-0.3, -0.25) is 0 Å². The highest BCUT2D eigenvalue weighted by Crippen LogP contribution is 2.31. The summed E-state index contributed by atoms with van der Waals surface area (Å²) in [6, 6.07) is 0. The summed E-state index contributed by atoms with van der Waals surface area (Å²) in [7, 11) is 0. The summed E-state index contributed by atoms with van der Waals surface area (Å²) in [5.74, 6) is 2.15. The van der Waals surface area contributed by atoms with Crippen molar-refractivity contribution in [3.05, 3.63) is 0 Å². The lowest BCUT2D eigenvalue weighted by Gasteiger charge is -2.21. The molecule has 84 valence electrons. The van der Waals surface area contributed by atoms with Crippen LogP contribution in [0.25, 0.3) is 0 Å². The lowest BCUT2D eigenvalue weighted by Crippen LogP contribution is -2.15. The van der Waals surface area contributed by atoms with Crippen LogP contribution in [0.1, 0.15) is 41.5 Å². The van der Waals surface area contributed by atoms with Gasteiger partial charge in [-0.2, -0.15) is 10.2 Å². The van der Waals surface area contributed by atoms with Crippen LogP contribution in [0.4, 0.5) is 0 Å². The predicted molar refractivity (Wildman–Crippen MR) is 69.3 cm³/mol. The first-order valence-electron chi connectivity index (χ1n) is 5.05. The smallest absolute Gasteiger partial charge is 0.121 e. The van der Waals surface area contributed by atoms with E-state index < -0.39 is 0 Å². The third-order valence-electron chi connectivity index (χ3n) is 1.53. The minimum absolute atomic E-state index is 0.0830. The van der Waals surface area contributed by atoms with Gasteiger partial charge in [0.1, 0.15) is 9.74 Å². The summed E-state index contributed by atoms with van der Waals surface area (Å²) in [5, 5.41) is 8.81. The topological polar surface area (TPSA) is 24.7 Å². The highest BCUT2D eigenvalue weighted by Gasteiger charge is 2.20. The summed E-state index contributed by atoms with van der Waals surface area (Å²) in [5.41, 5.74) is 0. The quantitative estimate of drug-likeness (QED) is 0.636. The minimum Gasteiger partial charge on any atom is -0.176 e. The van der Waals surface area contributed by atoms with Crippen LogP contribution in [0.15, 0.2) is 10.2 Å². The first-order chi connectivity index (χ1) is 6.33. The molecule has 0 rings (SSSR count). The van der Waals surface area contributed by atoms with Crippen molar-refractivity contribution < 1.29 is 0 Å². The zero-order valence-electron chi connectivity index (χ0n) is 10.1. The molecule has 0 aliphatic carbocycles. The average molecular weight is 234 g/mol. The van der Waals surface area contributed by atoms with E-state index in [0.717, 1.165) is 11.5 Å². The average Bonchev–Trinajstić information content (AvgIpc) is 2.01. The Balaban J connectivity index is 4.26. The van der Waals surface area contributed by atoms with Crippen molar-refractivity contribution in [3.63, 3.8) is 0 Å². The largest absolute Gasteiger partial charge is 0.176 e. The molecule has 0 radical (unpaired) electrons. The third-order valence-corrected chi connectivity index (χ3v) is 3.68. The van der Waals surface area contributed by atoms with Gasteiger partial charge in [0, 0.05) is 0 Å². The first-order valence-corrected chi connectivity index (χ1v) is 7.02. The van der Waals surface area contributed by atoms with Gasteiger partial charge in [-0.25, -0.2) is 0 Å². The van der Waals surface area contributed by atoms with E-state index in [2.05, 4.69) is 51.8 Å². The fourth-order valence-corrected chi connectivity index (χ4v) is 2.62. The number of hydrogen-bond donors (Lipinski definition) is 0.